The minimum absolute atomic E-state index is 0.124. The SMILES string of the molecule is Oc1cccc2ccc(-c3n[nH]c(=S)o3)nc12. The molecule has 0 aliphatic carbocycles. The summed E-state index contributed by atoms with van der Waals surface area (Å²) in [4.78, 5) is 4.48. The number of aromatic amines is 1. The van der Waals surface area contributed by atoms with E-state index in [-0.39, 0.29) is 10.6 Å². The molecule has 0 atom stereocenters. The molecule has 0 radical (unpaired) electrons. The summed E-state index contributed by atoms with van der Waals surface area (Å²) in [6.45, 7) is 0. The van der Waals surface area contributed by atoms with E-state index in [0.29, 0.717) is 17.1 Å². The van der Waals surface area contributed by atoms with Crippen LogP contribution < -0.4 is 0 Å². The molecule has 2 aromatic heterocycles. The minimum atomic E-state index is 0.124. The van der Waals surface area contributed by atoms with Crippen molar-refractivity contribution in [1.82, 2.24) is 15.2 Å². The first-order valence-corrected chi connectivity index (χ1v) is 5.29. The number of H-pyrrole nitrogens is 1. The monoisotopic (exact) mass is 245 g/mol. The predicted octanol–water partition coefficient (Wildman–Crippen LogP) is 2.65. The number of nitrogens with one attached hydrogen (secondary N) is 1. The number of hydrogen-bond donors (Lipinski definition) is 2. The molecule has 0 bridgehead atoms. The number of rotatable bonds is 1. The van der Waals surface area contributed by atoms with Crippen LogP contribution in [0.3, 0.4) is 0 Å². The number of pyridine rings is 1. The second-order valence-electron chi connectivity index (χ2n) is 3.46. The highest BCUT2D eigenvalue weighted by atomic mass is 32.1. The Morgan fingerprint density at radius 1 is 1.24 bits per heavy atom. The molecule has 0 saturated carbocycles. The van der Waals surface area contributed by atoms with Crippen molar-refractivity contribution in [3.8, 4) is 17.3 Å². The van der Waals surface area contributed by atoms with Gasteiger partial charge in [0, 0.05) is 5.39 Å². The van der Waals surface area contributed by atoms with E-state index in [0.717, 1.165) is 5.39 Å². The van der Waals surface area contributed by atoms with E-state index in [2.05, 4.69) is 15.2 Å². The number of phenols is 1. The highest BCUT2D eigenvalue weighted by Gasteiger charge is 2.08. The normalized spacial score (nSPS) is 10.8. The Kier molecular flexibility index (Phi) is 2.15. The Bertz CT molecular complexity index is 748. The Balaban J connectivity index is 2.26. The van der Waals surface area contributed by atoms with E-state index < -0.39 is 0 Å². The first-order chi connectivity index (χ1) is 8.24. The van der Waals surface area contributed by atoms with Gasteiger partial charge in [0.1, 0.15) is 17.0 Å². The maximum absolute atomic E-state index is 9.71. The number of hydrogen-bond acceptors (Lipinski definition) is 5. The zero-order valence-electron chi connectivity index (χ0n) is 8.54. The molecule has 3 rings (SSSR count). The molecule has 17 heavy (non-hydrogen) atoms. The topological polar surface area (TPSA) is 74.9 Å². The molecule has 84 valence electrons. The number of phenolic OH excluding ortho intramolecular Hbond substituents is 1. The number of fused-ring (bicyclic) bond motifs is 1. The van der Waals surface area contributed by atoms with Crippen LogP contribution in [0.1, 0.15) is 0 Å². The Morgan fingerprint density at radius 2 is 2.12 bits per heavy atom. The predicted molar refractivity (Wildman–Crippen MR) is 64.1 cm³/mol. The van der Waals surface area contributed by atoms with Gasteiger partial charge in [0.05, 0.1) is 0 Å². The van der Waals surface area contributed by atoms with Crippen molar-refractivity contribution in [1.29, 1.82) is 0 Å². The van der Waals surface area contributed by atoms with Gasteiger partial charge in [0.25, 0.3) is 10.7 Å². The van der Waals surface area contributed by atoms with Gasteiger partial charge in [-0.15, -0.1) is 5.10 Å². The summed E-state index contributed by atoms with van der Waals surface area (Å²) in [5.74, 6) is 0.429. The first kappa shape index (κ1) is 9.98. The van der Waals surface area contributed by atoms with Crippen molar-refractivity contribution in [2.24, 2.45) is 0 Å². The van der Waals surface area contributed by atoms with Crippen molar-refractivity contribution in [2.75, 3.05) is 0 Å². The molecule has 0 saturated heterocycles. The van der Waals surface area contributed by atoms with Crippen LogP contribution in [0.5, 0.6) is 5.75 Å². The fourth-order valence-electron chi connectivity index (χ4n) is 1.59. The van der Waals surface area contributed by atoms with Crippen molar-refractivity contribution in [2.45, 2.75) is 0 Å². The number of aromatic hydroxyl groups is 1. The van der Waals surface area contributed by atoms with Gasteiger partial charge in [0.15, 0.2) is 0 Å². The Morgan fingerprint density at radius 3 is 2.88 bits per heavy atom. The summed E-state index contributed by atoms with van der Waals surface area (Å²) in [6, 6.07) is 8.81. The maximum atomic E-state index is 9.71. The molecular formula is C11H7N3O2S. The second-order valence-corrected chi connectivity index (χ2v) is 3.83. The van der Waals surface area contributed by atoms with Gasteiger partial charge >= 0.3 is 0 Å². The summed E-state index contributed by atoms with van der Waals surface area (Å²) >= 11 is 4.79. The average molecular weight is 245 g/mol. The first-order valence-electron chi connectivity index (χ1n) is 4.89. The lowest BCUT2D eigenvalue weighted by Crippen LogP contribution is -1.86. The van der Waals surface area contributed by atoms with Crippen LogP contribution in [-0.4, -0.2) is 20.3 Å². The molecule has 6 heteroatoms. The lowest BCUT2D eigenvalue weighted by atomic mass is 10.2. The van der Waals surface area contributed by atoms with E-state index in [1.807, 2.05) is 12.1 Å². The molecule has 1 aromatic carbocycles. The Hall–Kier alpha value is -2.21. The third-order valence-electron chi connectivity index (χ3n) is 2.36. The summed E-state index contributed by atoms with van der Waals surface area (Å²) in [5.41, 5.74) is 1.03. The largest absolute Gasteiger partial charge is 0.506 e. The van der Waals surface area contributed by atoms with Crippen LogP contribution in [-0.2, 0) is 0 Å². The Labute approximate surface area is 101 Å². The van der Waals surface area contributed by atoms with Crippen LogP contribution in [0.25, 0.3) is 22.5 Å². The molecule has 0 fully saturated rings. The van der Waals surface area contributed by atoms with Gasteiger partial charge < -0.3 is 9.52 Å². The number of benzene rings is 1. The van der Waals surface area contributed by atoms with E-state index in [1.165, 1.54) is 0 Å². The van der Waals surface area contributed by atoms with Crippen LogP contribution in [0, 0.1) is 4.84 Å². The standard InChI is InChI=1S/C11H7N3O2S/c15-8-3-1-2-6-4-5-7(12-9(6)8)10-13-14-11(17)16-10/h1-5,15H,(H,14,17). The lowest BCUT2D eigenvalue weighted by molar-refractivity contribution is 0.480. The molecule has 0 spiro atoms. The number of para-hydroxylation sites is 1. The number of nitrogens with zero attached hydrogens (tertiary/aromatic N) is 2. The summed E-state index contributed by atoms with van der Waals surface area (Å²) < 4.78 is 5.16. The fraction of sp³-hybridized carbons (Fsp3) is 0. The fourth-order valence-corrected chi connectivity index (χ4v) is 1.71. The third kappa shape index (κ3) is 1.68. The third-order valence-corrected chi connectivity index (χ3v) is 2.53. The minimum Gasteiger partial charge on any atom is -0.506 e. The molecule has 2 heterocycles. The molecule has 3 aromatic rings. The molecular weight excluding hydrogens is 238 g/mol. The van der Waals surface area contributed by atoms with Gasteiger partial charge in [0.2, 0.25) is 0 Å². The average Bonchev–Trinajstić information content (AvgIpc) is 2.76. The highest BCUT2D eigenvalue weighted by Crippen LogP contribution is 2.25. The molecule has 5 nitrogen and oxygen atoms in total. The van der Waals surface area contributed by atoms with Crippen molar-refractivity contribution in [3.63, 3.8) is 0 Å². The van der Waals surface area contributed by atoms with Gasteiger partial charge in [-0.3, -0.25) is 0 Å². The van der Waals surface area contributed by atoms with E-state index >= 15 is 0 Å². The maximum Gasteiger partial charge on any atom is 0.284 e. The van der Waals surface area contributed by atoms with Crippen molar-refractivity contribution >= 4 is 23.1 Å². The molecule has 0 unspecified atom stereocenters. The van der Waals surface area contributed by atoms with Crippen LogP contribution in [0.15, 0.2) is 34.7 Å². The smallest absolute Gasteiger partial charge is 0.284 e. The van der Waals surface area contributed by atoms with Gasteiger partial charge in [-0.25, -0.2) is 10.1 Å². The van der Waals surface area contributed by atoms with E-state index in [9.17, 15) is 5.11 Å². The van der Waals surface area contributed by atoms with Crippen LogP contribution in [0.4, 0.5) is 0 Å². The highest BCUT2D eigenvalue weighted by molar-refractivity contribution is 7.71. The molecule has 0 amide bonds. The van der Waals surface area contributed by atoms with Crippen molar-refractivity contribution in [3.05, 3.63) is 35.2 Å². The zero-order chi connectivity index (χ0) is 11.8. The number of aromatic nitrogens is 3. The zero-order valence-corrected chi connectivity index (χ0v) is 9.36. The summed E-state index contributed by atoms with van der Waals surface area (Å²) in [7, 11) is 0. The van der Waals surface area contributed by atoms with Crippen molar-refractivity contribution < 1.29 is 9.52 Å². The summed E-state index contributed by atoms with van der Waals surface area (Å²) in [6.07, 6.45) is 0. The van der Waals surface area contributed by atoms with Crippen LogP contribution >= 0.6 is 12.2 Å². The van der Waals surface area contributed by atoms with E-state index in [1.54, 1.807) is 18.2 Å². The van der Waals surface area contributed by atoms with E-state index in [4.69, 9.17) is 16.6 Å². The lowest BCUT2D eigenvalue weighted by Gasteiger charge is -2.00. The quantitative estimate of drug-likeness (QED) is 0.645. The van der Waals surface area contributed by atoms with Gasteiger partial charge in [-0.05, 0) is 24.4 Å². The van der Waals surface area contributed by atoms with Gasteiger partial charge in [-0.2, -0.15) is 0 Å². The molecule has 0 aliphatic heterocycles. The van der Waals surface area contributed by atoms with Crippen LogP contribution in [0.2, 0.25) is 0 Å². The molecule has 2 N–H and O–H groups in total. The second kappa shape index (κ2) is 3.67. The van der Waals surface area contributed by atoms with Gasteiger partial charge in [-0.1, -0.05) is 18.2 Å². The summed E-state index contributed by atoms with van der Waals surface area (Å²) in [5, 5.41) is 17.0. The molecule has 0 aliphatic rings.